The van der Waals surface area contributed by atoms with Crippen LogP contribution in [0.25, 0.3) is 0 Å². The van der Waals surface area contributed by atoms with Crippen molar-refractivity contribution in [3.63, 3.8) is 0 Å². The molecule has 1 atom stereocenters. The molecule has 0 unspecified atom stereocenters. The van der Waals surface area contributed by atoms with Crippen molar-refractivity contribution in [1.82, 2.24) is 14.9 Å². The molecule has 0 aliphatic carbocycles. The van der Waals surface area contributed by atoms with Gasteiger partial charge < -0.3 is 20.5 Å². The minimum atomic E-state index is -0.317. The highest BCUT2D eigenvalue weighted by Gasteiger charge is 2.35. The zero-order valence-corrected chi connectivity index (χ0v) is 16.2. The lowest BCUT2D eigenvalue weighted by atomic mass is 9.86. The summed E-state index contributed by atoms with van der Waals surface area (Å²) in [4.78, 5) is 10.7. The summed E-state index contributed by atoms with van der Waals surface area (Å²) < 4.78 is 25.8. The maximum absolute atomic E-state index is 14.6. The van der Waals surface area contributed by atoms with Gasteiger partial charge in [-0.15, -0.1) is 0 Å². The fourth-order valence-electron chi connectivity index (χ4n) is 3.92. The Hall–Kier alpha value is -2.61. The van der Waals surface area contributed by atoms with Gasteiger partial charge in [0, 0.05) is 24.7 Å². The average Bonchev–Trinajstić information content (AvgIpc) is 2.71. The first-order chi connectivity index (χ1) is 13.5. The zero-order valence-electron chi connectivity index (χ0n) is 16.2. The van der Waals surface area contributed by atoms with Gasteiger partial charge in [-0.1, -0.05) is 6.07 Å². The van der Waals surface area contributed by atoms with Gasteiger partial charge in [-0.25, -0.2) is 4.39 Å². The fourth-order valence-corrected chi connectivity index (χ4v) is 3.92. The third kappa shape index (κ3) is 3.82. The minimum absolute atomic E-state index is 0.155. The molecular weight excluding hydrogens is 361 g/mol. The lowest BCUT2D eigenvalue weighted by Crippen LogP contribution is -2.52. The van der Waals surface area contributed by atoms with Crippen LogP contribution in [-0.2, 0) is 6.54 Å². The molecule has 2 aromatic rings. The van der Waals surface area contributed by atoms with Crippen molar-refractivity contribution >= 4 is 11.5 Å². The second-order valence-corrected chi connectivity index (χ2v) is 7.46. The number of benzene rings is 1. The van der Waals surface area contributed by atoms with Crippen molar-refractivity contribution < 1.29 is 13.9 Å². The van der Waals surface area contributed by atoms with Crippen LogP contribution in [0.3, 0.4) is 0 Å². The highest BCUT2D eigenvalue weighted by molar-refractivity contribution is 5.64. The molecule has 3 aliphatic rings. The summed E-state index contributed by atoms with van der Waals surface area (Å²) in [5, 5.41) is 3.06. The standard InChI is InChI=1S/C20H26FN5O2/c1-12-18(22)19(25-20(24-12)27-2)23-10-14-3-4-15(9-16(14)21)28-17-11-26-7-5-13(17)6-8-26/h3-4,9,13,17H,5-8,10-11,22H2,1-2H3,(H,23,24,25)/t17-/m1/s1. The summed E-state index contributed by atoms with van der Waals surface area (Å²) in [7, 11) is 1.49. The number of nitrogens with one attached hydrogen (secondary N) is 1. The maximum atomic E-state index is 14.6. The number of ether oxygens (including phenoxy) is 2. The summed E-state index contributed by atoms with van der Waals surface area (Å²) in [6.07, 6.45) is 2.48. The molecule has 2 bridgehead atoms. The van der Waals surface area contributed by atoms with Crippen molar-refractivity contribution in [3.8, 4) is 11.8 Å². The van der Waals surface area contributed by atoms with Gasteiger partial charge in [0.15, 0.2) is 5.82 Å². The fraction of sp³-hybridized carbons (Fsp3) is 0.500. The Bertz CT molecular complexity index is 855. The number of rotatable bonds is 6. The minimum Gasteiger partial charge on any atom is -0.489 e. The second-order valence-electron chi connectivity index (χ2n) is 7.46. The number of fused-ring (bicyclic) bond motifs is 3. The largest absolute Gasteiger partial charge is 0.489 e. The van der Waals surface area contributed by atoms with Gasteiger partial charge in [0.2, 0.25) is 0 Å². The normalized spacial score (nSPS) is 23.5. The predicted molar refractivity (Wildman–Crippen MR) is 105 cm³/mol. The Kier molecular flexibility index (Phi) is 5.21. The molecular formula is C20H26FN5O2. The lowest BCUT2D eigenvalue weighted by molar-refractivity contribution is -0.00789. The van der Waals surface area contributed by atoms with E-state index in [9.17, 15) is 4.39 Å². The monoisotopic (exact) mass is 387 g/mol. The number of halogens is 1. The van der Waals surface area contributed by atoms with Gasteiger partial charge in [-0.05, 0) is 44.8 Å². The molecule has 5 rings (SSSR count). The van der Waals surface area contributed by atoms with E-state index in [1.165, 1.54) is 26.0 Å². The average molecular weight is 387 g/mol. The molecule has 0 saturated carbocycles. The third-order valence-corrected chi connectivity index (χ3v) is 5.65. The Morgan fingerprint density at radius 1 is 1.29 bits per heavy atom. The van der Waals surface area contributed by atoms with Gasteiger partial charge in [0.25, 0.3) is 0 Å². The molecule has 3 saturated heterocycles. The number of nitrogen functional groups attached to an aromatic ring is 1. The SMILES string of the molecule is COc1nc(C)c(N)c(NCc2ccc(O[C@@H]3CN4CCC3CC4)cc2F)n1. The number of hydrogen-bond donors (Lipinski definition) is 2. The van der Waals surface area contributed by atoms with Crippen LogP contribution in [0.15, 0.2) is 18.2 Å². The molecule has 7 nitrogen and oxygen atoms in total. The molecule has 3 N–H and O–H groups in total. The number of methoxy groups -OCH3 is 1. The molecule has 1 aromatic heterocycles. The van der Waals surface area contributed by atoms with E-state index in [4.69, 9.17) is 15.2 Å². The Morgan fingerprint density at radius 2 is 2.07 bits per heavy atom. The summed E-state index contributed by atoms with van der Waals surface area (Å²) in [6.45, 7) is 5.26. The zero-order chi connectivity index (χ0) is 19.7. The molecule has 0 radical (unpaired) electrons. The van der Waals surface area contributed by atoms with Crippen LogP contribution in [0.5, 0.6) is 11.8 Å². The van der Waals surface area contributed by atoms with Crippen molar-refractivity contribution in [1.29, 1.82) is 0 Å². The molecule has 3 fully saturated rings. The number of aryl methyl sites for hydroxylation is 1. The number of aromatic nitrogens is 2. The van der Waals surface area contributed by atoms with E-state index in [0.717, 1.165) is 19.6 Å². The van der Waals surface area contributed by atoms with Crippen molar-refractivity contribution in [2.24, 2.45) is 5.92 Å². The maximum Gasteiger partial charge on any atom is 0.318 e. The molecule has 4 heterocycles. The Morgan fingerprint density at radius 3 is 2.71 bits per heavy atom. The van der Waals surface area contributed by atoms with Crippen LogP contribution >= 0.6 is 0 Å². The van der Waals surface area contributed by atoms with Gasteiger partial charge in [0.05, 0.1) is 18.5 Å². The second kappa shape index (κ2) is 7.79. The van der Waals surface area contributed by atoms with E-state index in [-0.39, 0.29) is 24.5 Å². The van der Waals surface area contributed by atoms with Crippen LogP contribution in [0.1, 0.15) is 24.1 Å². The van der Waals surface area contributed by atoms with Gasteiger partial charge >= 0.3 is 6.01 Å². The number of nitrogens with zero attached hydrogens (tertiary/aromatic N) is 3. The van der Waals surface area contributed by atoms with E-state index in [0.29, 0.717) is 34.4 Å². The Balaban J connectivity index is 1.42. The van der Waals surface area contributed by atoms with E-state index >= 15 is 0 Å². The molecule has 0 spiro atoms. The molecule has 28 heavy (non-hydrogen) atoms. The summed E-state index contributed by atoms with van der Waals surface area (Å²) in [5.74, 6) is 1.27. The number of piperidine rings is 3. The smallest absolute Gasteiger partial charge is 0.318 e. The van der Waals surface area contributed by atoms with Gasteiger partial charge in [-0.3, -0.25) is 4.90 Å². The highest BCUT2D eigenvalue weighted by Crippen LogP contribution is 2.31. The molecule has 3 aliphatic heterocycles. The van der Waals surface area contributed by atoms with E-state index in [1.54, 1.807) is 13.0 Å². The van der Waals surface area contributed by atoms with Crippen LogP contribution in [0.2, 0.25) is 0 Å². The van der Waals surface area contributed by atoms with Crippen molar-refractivity contribution in [2.45, 2.75) is 32.4 Å². The van der Waals surface area contributed by atoms with Gasteiger partial charge in [0.1, 0.15) is 17.7 Å². The molecule has 0 amide bonds. The van der Waals surface area contributed by atoms with Crippen LogP contribution < -0.4 is 20.5 Å². The molecule has 150 valence electrons. The number of anilines is 2. The predicted octanol–water partition coefficient (Wildman–Crippen LogP) is 2.60. The molecule has 8 heteroatoms. The van der Waals surface area contributed by atoms with Crippen LogP contribution in [-0.4, -0.2) is 47.7 Å². The van der Waals surface area contributed by atoms with Crippen LogP contribution in [0, 0.1) is 18.7 Å². The Labute approximate surface area is 164 Å². The lowest BCUT2D eigenvalue weighted by Gasteiger charge is -2.44. The first kappa shape index (κ1) is 18.7. The molecule has 1 aromatic carbocycles. The summed E-state index contributed by atoms with van der Waals surface area (Å²) in [5.41, 5.74) is 7.54. The quantitative estimate of drug-likeness (QED) is 0.788. The summed E-state index contributed by atoms with van der Waals surface area (Å²) in [6, 6.07) is 5.24. The van der Waals surface area contributed by atoms with Gasteiger partial charge in [-0.2, -0.15) is 9.97 Å². The number of nitrogens with two attached hydrogens (primary N) is 1. The van der Waals surface area contributed by atoms with Crippen molar-refractivity contribution in [3.05, 3.63) is 35.3 Å². The van der Waals surface area contributed by atoms with Crippen LogP contribution in [0.4, 0.5) is 15.9 Å². The number of hydrogen-bond acceptors (Lipinski definition) is 7. The third-order valence-electron chi connectivity index (χ3n) is 5.65. The first-order valence-corrected chi connectivity index (χ1v) is 9.63. The first-order valence-electron chi connectivity index (χ1n) is 9.63. The van der Waals surface area contributed by atoms with E-state index in [1.807, 2.05) is 6.07 Å². The highest BCUT2D eigenvalue weighted by atomic mass is 19.1. The van der Waals surface area contributed by atoms with E-state index in [2.05, 4.69) is 20.2 Å². The van der Waals surface area contributed by atoms with Crippen molar-refractivity contribution in [2.75, 3.05) is 37.8 Å². The summed E-state index contributed by atoms with van der Waals surface area (Å²) >= 11 is 0. The van der Waals surface area contributed by atoms with E-state index < -0.39 is 0 Å². The topological polar surface area (TPSA) is 85.5 Å².